The van der Waals surface area contributed by atoms with Gasteiger partial charge in [0, 0.05) is 12.0 Å². The monoisotopic (exact) mass is 388 g/mol. The zero-order chi connectivity index (χ0) is 19.7. The standard InChI is InChI=1S/C20H21FN2O3S/c1-20(2,3)19-23-18(27(24,25)16-11-9-15(21)10-12-16)17(26-19)22-13-14-7-5-4-6-8-14/h4-12,22H,13H2,1-3H3. The van der Waals surface area contributed by atoms with Gasteiger partial charge in [-0.25, -0.2) is 12.8 Å². The number of rotatable bonds is 5. The molecule has 142 valence electrons. The Balaban J connectivity index is 2.02. The molecule has 3 rings (SSSR count). The maximum absolute atomic E-state index is 13.2. The number of aromatic nitrogens is 1. The topological polar surface area (TPSA) is 72.2 Å². The molecule has 5 nitrogen and oxygen atoms in total. The molecule has 0 atom stereocenters. The van der Waals surface area contributed by atoms with E-state index >= 15 is 0 Å². The Morgan fingerprint density at radius 1 is 1.04 bits per heavy atom. The summed E-state index contributed by atoms with van der Waals surface area (Å²) in [5.74, 6) is -0.126. The van der Waals surface area contributed by atoms with Crippen LogP contribution in [0, 0.1) is 5.82 Å². The third-order valence-electron chi connectivity index (χ3n) is 3.91. The molecule has 0 amide bonds. The molecule has 0 saturated carbocycles. The van der Waals surface area contributed by atoms with Crippen molar-refractivity contribution in [3.05, 3.63) is 71.9 Å². The number of halogens is 1. The fourth-order valence-electron chi connectivity index (χ4n) is 2.42. The van der Waals surface area contributed by atoms with Gasteiger partial charge in [-0.1, -0.05) is 51.1 Å². The molecular weight excluding hydrogens is 367 g/mol. The Morgan fingerprint density at radius 2 is 1.67 bits per heavy atom. The minimum atomic E-state index is -3.96. The average molecular weight is 388 g/mol. The second kappa shape index (κ2) is 7.15. The fourth-order valence-corrected chi connectivity index (χ4v) is 3.70. The summed E-state index contributed by atoms with van der Waals surface area (Å²) < 4.78 is 45.0. The predicted molar refractivity (Wildman–Crippen MR) is 101 cm³/mol. The molecule has 0 spiro atoms. The van der Waals surface area contributed by atoms with Gasteiger partial charge in [0.2, 0.25) is 26.6 Å². The molecule has 0 unspecified atom stereocenters. The van der Waals surface area contributed by atoms with Crippen LogP contribution in [0.2, 0.25) is 0 Å². The number of hydrogen-bond donors (Lipinski definition) is 1. The summed E-state index contributed by atoms with van der Waals surface area (Å²) in [4.78, 5) is 4.21. The van der Waals surface area contributed by atoms with E-state index < -0.39 is 21.1 Å². The summed E-state index contributed by atoms with van der Waals surface area (Å²) in [6.07, 6.45) is 0. The number of nitrogens with one attached hydrogen (secondary N) is 1. The lowest BCUT2D eigenvalue weighted by molar-refractivity contribution is 0.399. The molecule has 1 N–H and O–H groups in total. The highest BCUT2D eigenvalue weighted by atomic mass is 32.2. The quantitative estimate of drug-likeness (QED) is 0.649. The zero-order valence-electron chi connectivity index (χ0n) is 15.4. The molecule has 2 aromatic carbocycles. The first-order valence-electron chi connectivity index (χ1n) is 8.48. The summed E-state index contributed by atoms with van der Waals surface area (Å²) >= 11 is 0. The van der Waals surface area contributed by atoms with E-state index in [4.69, 9.17) is 4.42 Å². The highest BCUT2D eigenvalue weighted by Gasteiger charge is 2.31. The van der Waals surface area contributed by atoms with E-state index in [0.29, 0.717) is 12.4 Å². The normalized spacial score (nSPS) is 12.1. The number of benzene rings is 2. The van der Waals surface area contributed by atoms with Crippen molar-refractivity contribution in [3.8, 4) is 0 Å². The predicted octanol–water partition coefficient (Wildman–Crippen LogP) is 4.56. The zero-order valence-corrected chi connectivity index (χ0v) is 16.2. The van der Waals surface area contributed by atoms with Crippen LogP contribution in [0.1, 0.15) is 32.2 Å². The van der Waals surface area contributed by atoms with Crippen molar-refractivity contribution in [1.29, 1.82) is 0 Å². The molecular formula is C20H21FN2O3S. The molecule has 0 radical (unpaired) electrons. The van der Waals surface area contributed by atoms with Crippen molar-refractivity contribution < 1.29 is 17.2 Å². The van der Waals surface area contributed by atoms with Gasteiger partial charge in [0.15, 0.2) is 0 Å². The highest BCUT2D eigenvalue weighted by Crippen LogP contribution is 2.33. The molecule has 0 aliphatic rings. The van der Waals surface area contributed by atoms with E-state index in [1.165, 1.54) is 12.1 Å². The third-order valence-corrected chi connectivity index (χ3v) is 5.59. The molecule has 0 aliphatic carbocycles. The van der Waals surface area contributed by atoms with Gasteiger partial charge in [0.1, 0.15) is 5.82 Å². The summed E-state index contributed by atoms with van der Waals surface area (Å²) in [7, 11) is -3.96. The molecule has 0 aliphatic heterocycles. The lowest BCUT2D eigenvalue weighted by atomic mass is 9.97. The Bertz CT molecular complexity index is 1020. The molecule has 7 heteroatoms. The second-order valence-electron chi connectivity index (χ2n) is 7.20. The third kappa shape index (κ3) is 4.19. The minimum Gasteiger partial charge on any atom is -0.423 e. The first kappa shape index (κ1) is 19.1. The van der Waals surface area contributed by atoms with Crippen molar-refractivity contribution in [2.45, 2.75) is 42.7 Å². The van der Waals surface area contributed by atoms with Crippen molar-refractivity contribution in [2.24, 2.45) is 0 Å². The Morgan fingerprint density at radius 3 is 2.26 bits per heavy atom. The minimum absolute atomic E-state index is 0.0413. The lowest BCUT2D eigenvalue weighted by Gasteiger charge is -2.12. The van der Waals surface area contributed by atoms with E-state index in [9.17, 15) is 12.8 Å². The molecule has 0 fully saturated rings. The van der Waals surface area contributed by atoms with Gasteiger partial charge in [-0.3, -0.25) is 0 Å². The molecule has 3 aromatic rings. The first-order chi connectivity index (χ1) is 12.7. The maximum atomic E-state index is 13.2. The van der Waals surface area contributed by atoms with Crippen LogP contribution in [0.25, 0.3) is 0 Å². The average Bonchev–Trinajstić information content (AvgIpc) is 3.07. The van der Waals surface area contributed by atoms with Crippen LogP contribution in [-0.2, 0) is 21.8 Å². The van der Waals surface area contributed by atoms with E-state index in [1.54, 1.807) is 0 Å². The fraction of sp³-hybridized carbons (Fsp3) is 0.250. The molecule has 1 aromatic heterocycles. The van der Waals surface area contributed by atoms with Gasteiger partial charge in [-0.15, -0.1) is 0 Å². The Kier molecular flexibility index (Phi) is 5.06. The van der Waals surface area contributed by atoms with Crippen LogP contribution < -0.4 is 5.32 Å². The van der Waals surface area contributed by atoms with Gasteiger partial charge < -0.3 is 9.73 Å². The number of anilines is 1. The number of hydrogen-bond acceptors (Lipinski definition) is 5. The van der Waals surface area contributed by atoms with Gasteiger partial charge in [0.05, 0.1) is 4.90 Å². The summed E-state index contributed by atoms with van der Waals surface area (Å²) in [5, 5.41) is 2.83. The second-order valence-corrected chi connectivity index (χ2v) is 9.06. The van der Waals surface area contributed by atoms with Gasteiger partial charge in [-0.05, 0) is 29.8 Å². The maximum Gasteiger partial charge on any atom is 0.233 e. The molecule has 0 saturated heterocycles. The number of oxazole rings is 1. The smallest absolute Gasteiger partial charge is 0.233 e. The summed E-state index contributed by atoms with van der Waals surface area (Å²) in [5.41, 5.74) is 0.496. The highest BCUT2D eigenvalue weighted by molar-refractivity contribution is 7.91. The van der Waals surface area contributed by atoms with Crippen molar-refractivity contribution >= 4 is 15.7 Å². The largest absolute Gasteiger partial charge is 0.423 e. The van der Waals surface area contributed by atoms with E-state index in [2.05, 4.69) is 10.3 Å². The van der Waals surface area contributed by atoms with E-state index in [-0.39, 0.29) is 15.8 Å². The molecule has 27 heavy (non-hydrogen) atoms. The summed E-state index contributed by atoms with van der Waals surface area (Å²) in [6.45, 7) is 6.03. The number of nitrogens with zero attached hydrogens (tertiary/aromatic N) is 1. The van der Waals surface area contributed by atoms with Crippen molar-refractivity contribution in [2.75, 3.05) is 5.32 Å². The SMILES string of the molecule is CC(C)(C)c1nc(S(=O)(=O)c2ccc(F)cc2)c(NCc2ccccc2)o1. The van der Waals surface area contributed by atoms with Crippen LogP contribution in [0.3, 0.4) is 0 Å². The molecule has 1 heterocycles. The summed E-state index contributed by atoms with van der Waals surface area (Å²) in [6, 6.07) is 14.2. The van der Waals surface area contributed by atoms with Crippen LogP contribution >= 0.6 is 0 Å². The van der Waals surface area contributed by atoms with E-state index in [0.717, 1.165) is 17.7 Å². The Labute approximate surface area is 158 Å². The molecule has 0 bridgehead atoms. The van der Waals surface area contributed by atoms with Crippen LogP contribution in [0.4, 0.5) is 10.3 Å². The van der Waals surface area contributed by atoms with E-state index in [1.807, 2.05) is 51.1 Å². The van der Waals surface area contributed by atoms with Gasteiger partial charge in [-0.2, -0.15) is 4.98 Å². The van der Waals surface area contributed by atoms with Crippen molar-refractivity contribution in [1.82, 2.24) is 4.98 Å². The lowest BCUT2D eigenvalue weighted by Crippen LogP contribution is -2.12. The number of sulfone groups is 1. The van der Waals surface area contributed by atoms with Crippen molar-refractivity contribution in [3.63, 3.8) is 0 Å². The van der Waals surface area contributed by atoms with Crippen LogP contribution in [-0.4, -0.2) is 13.4 Å². The van der Waals surface area contributed by atoms with Crippen LogP contribution in [0.5, 0.6) is 0 Å². The van der Waals surface area contributed by atoms with Gasteiger partial charge in [0.25, 0.3) is 0 Å². The van der Waals surface area contributed by atoms with Crippen LogP contribution in [0.15, 0.2) is 68.9 Å². The Hall–Kier alpha value is -2.67. The first-order valence-corrected chi connectivity index (χ1v) is 9.96. The van der Waals surface area contributed by atoms with Gasteiger partial charge >= 0.3 is 0 Å².